The Balaban J connectivity index is 0.896. The minimum absolute atomic E-state index is 0.0115. The molecule has 340 valence electrons. The van der Waals surface area contributed by atoms with E-state index in [0.29, 0.717) is 77.0 Å². The van der Waals surface area contributed by atoms with Gasteiger partial charge < -0.3 is 23.9 Å². The second kappa shape index (κ2) is 17.9. The molecule has 67 heavy (non-hydrogen) atoms. The van der Waals surface area contributed by atoms with Crippen LogP contribution < -0.4 is 28.9 Å². The number of anilines is 3. The number of hydrogen-bond acceptors (Lipinski definition) is 12. The number of fused-ring (bicyclic) bond motifs is 8. The summed E-state index contributed by atoms with van der Waals surface area (Å²) < 4.78 is 18.8. The summed E-state index contributed by atoms with van der Waals surface area (Å²) in [6.07, 6.45) is 6.08. The zero-order valence-electron chi connectivity index (χ0n) is 37.4. The predicted octanol–water partition coefficient (Wildman–Crippen LogP) is 7.81. The van der Waals surface area contributed by atoms with Crippen molar-refractivity contribution in [1.82, 2.24) is 5.06 Å². The van der Waals surface area contributed by atoms with Gasteiger partial charge in [-0.25, -0.2) is 4.79 Å². The number of imide groups is 1. The number of ether oxygens (including phenoxy) is 3. The number of carbonyl (C=O) groups excluding carboxylic acids is 5. The van der Waals surface area contributed by atoms with Crippen LogP contribution in [0.15, 0.2) is 101 Å². The van der Waals surface area contributed by atoms with Gasteiger partial charge in [-0.2, -0.15) is 0 Å². The molecule has 1 fully saturated rings. The normalized spacial score (nSPS) is 17.6. The van der Waals surface area contributed by atoms with Gasteiger partial charge in [0.2, 0.25) is 0 Å². The Bertz CT molecular complexity index is 2750. The molecule has 5 aliphatic heterocycles. The lowest BCUT2D eigenvalue weighted by molar-refractivity contribution is -0.197. The van der Waals surface area contributed by atoms with Gasteiger partial charge in [0.1, 0.15) is 19.0 Å². The van der Waals surface area contributed by atoms with Crippen molar-refractivity contribution < 1.29 is 43.0 Å². The Hall–Kier alpha value is -7.81. The number of methoxy groups -OCH3 is 1. The lowest BCUT2D eigenvalue weighted by Gasteiger charge is -2.23. The summed E-state index contributed by atoms with van der Waals surface area (Å²) in [5.74, 6) is -0.550. The zero-order chi connectivity index (χ0) is 46.3. The van der Waals surface area contributed by atoms with Crippen LogP contribution in [0.3, 0.4) is 0 Å². The molecule has 2 atom stereocenters. The number of aryl methyl sites for hydroxylation is 1. The van der Waals surface area contributed by atoms with E-state index in [4.69, 9.17) is 29.0 Å². The zero-order valence-corrected chi connectivity index (χ0v) is 37.4. The smallest absolute Gasteiger partial charge is 0.333 e. The van der Waals surface area contributed by atoms with Gasteiger partial charge >= 0.3 is 5.97 Å². The molecule has 1 saturated heterocycles. The number of para-hydroxylation sites is 2. The van der Waals surface area contributed by atoms with Crippen LogP contribution in [0.25, 0.3) is 0 Å². The Morgan fingerprint density at radius 3 is 1.84 bits per heavy atom. The highest BCUT2D eigenvalue weighted by Crippen LogP contribution is 2.42. The highest BCUT2D eigenvalue weighted by atomic mass is 16.7. The standard InChI is InChI=1S/C52H48N6O9/c1-4-33-23-39-41(53-27-37-21-34-10-5-7-12-43(34)56(37)51(39)62)25-45(33)65-29-31-18-32(20-36(19-31)55(2)17-9-14-50(61)67-58-48(59)15-16-49(58)60)30-66-47-26-42-40(24-46(47)64-3)52(63)57-38(28-54-42)22-35-11-6-8-13-44(35)57/h5-8,10-13,18-20,23-28,37-38H,4,9,14-17,21-22,29-30H2,1-3H3/t37-,38-/m0/s1. The largest absolute Gasteiger partial charge is 0.493 e. The summed E-state index contributed by atoms with van der Waals surface area (Å²) in [6, 6.07) is 28.6. The first-order valence-corrected chi connectivity index (χ1v) is 22.5. The average Bonchev–Trinajstić information content (AvgIpc) is 3.96. The van der Waals surface area contributed by atoms with E-state index in [0.717, 1.165) is 44.9 Å². The van der Waals surface area contributed by atoms with Crippen molar-refractivity contribution in [3.8, 4) is 17.2 Å². The fourth-order valence-corrected chi connectivity index (χ4v) is 9.43. The highest BCUT2D eigenvalue weighted by molar-refractivity contribution is 6.16. The van der Waals surface area contributed by atoms with E-state index in [1.807, 2.05) is 109 Å². The van der Waals surface area contributed by atoms with Crippen molar-refractivity contribution >= 4 is 70.5 Å². The molecule has 10 rings (SSSR count). The molecule has 5 aromatic rings. The van der Waals surface area contributed by atoms with Crippen molar-refractivity contribution in [2.75, 3.05) is 35.4 Å². The summed E-state index contributed by atoms with van der Waals surface area (Å²) in [5.41, 5.74) is 9.28. The first-order chi connectivity index (χ1) is 32.6. The van der Waals surface area contributed by atoms with Crippen molar-refractivity contribution in [3.05, 3.63) is 130 Å². The monoisotopic (exact) mass is 900 g/mol. The van der Waals surface area contributed by atoms with E-state index in [1.54, 1.807) is 17.0 Å². The molecule has 0 aliphatic carbocycles. The maximum absolute atomic E-state index is 14.1. The van der Waals surface area contributed by atoms with Gasteiger partial charge in [-0.1, -0.05) is 43.3 Å². The van der Waals surface area contributed by atoms with Crippen LogP contribution in [0.2, 0.25) is 0 Å². The number of rotatable bonds is 14. The van der Waals surface area contributed by atoms with Gasteiger partial charge in [0.15, 0.2) is 11.5 Å². The van der Waals surface area contributed by atoms with Crippen molar-refractivity contribution in [2.45, 2.75) is 77.2 Å². The molecular formula is C52H48N6O9. The number of nitrogens with zero attached hydrogens (tertiary/aromatic N) is 6. The molecule has 15 heteroatoms. The number of amides is 4. The third kappa shape index (κ3) is 8.25. The lowest BCUT2D eigenvalue weighted by Crippen LogP contribution is -2.37. The Morgan fingerprint density at radius 2 is 1.25 bits per heavy atom. The molecule has 5 aromatic carbocycles. The van der Waals surface area contributed by atoms with Gasteiger partial charge in [-0.05, 0) is 83.1 Å². The van der Waals surface area contributed by atoms with Crippen LogP contribution in [-0.4, -0.2) is 79.9 Å². The molecule has 0 N–H and O–H groups in total. The van der Waals surface area contributed by atoms with E-state index in [9.17, 15) is 24.0 Å². The molecule has 0 spiro atoms. The highest BCUT2D eigenvalue weighted by Gasteiger charge is 2.38. The maximum atomic E-state index is 14.1. The number of carbonyl (C=O) groups is 5. The van der Waals surface area contributed by atoms with E-state index in [1.165, 1.54) is 7.11 Å². The Kier molecular flexibility index (Phi) is 11.5. The SMILES string of the molecule is CCc1cc2c(cc1OCc1cc(COc3cc4c(cc3OC)C(=O)N3c5ccccc5C[C@H]3C=N4)cc(N(C)CCCC(=O)ON3C(=O)CCC3=O)c1)N=C[C@@H]1Cc3ccccc3N1C2=O. The fourth-order valence-electron chi connectivity index (χ4n) is 9.43. The number of hydroxylamine groups is 2. The first kappa shape index (κ1) is 43.1. The maximum Gasteiger partial charge on any atom is 0.333 e. The van der Waals surface area contributed by atoms with Crippen LogP contribution in [0.5, 0.6) is 17.2 Å². The van der Waals surface area contributed by atoms with Gasteiger partial charge in [-0.15, -0.1) is 5.06 Å². The van der Waals surface area contributed by atoms with Gasteiger partial charge in [0.05, 0.1) is 41.7 Å². The molecule has 5 aliphatic rings. The minimum atomic E-state index is -0.664. The van der Waals surface area contributed by atoms with Crippen LogP contribution in [0, 0.1) is 0 Å². The Morgan fingerprint density at radius 1 is 0.701 bits per heavy atom. The van der Waals surface area contributed by atoms with E-state index < -0.39 is 17.8 Å². The third-order valence-electron chi connectivity index (χ3n) is 12.9. The topological polar surface area (TPSA) is 160 Å². The van der Waals surface area contributed by atoms with Gasteiger partial charge in [0, 0.05) is 87.3 Å². The molecule has 0 bridgehead atoms. The van der Waals surface area contributed by atoms with Crippen molar-refractivity contribution in [2.24, 2.45) is 9.98 Å². The predicted molar refractivity (Wildman–Crippen MR) is 251 cm³/mol. The van der Waals surface area contributed by atoms with Crippen LogP contribution >= 0.6 is 0 Å². The van der Waals surface area contributed by atoms with E-state index in [2.05, 4.69) is 6.07 Å². The van der Waals surface area contributed by atoms with Gasteiger partial charge in [-0.3, -0.25) is 39.0 Å². The molecule has 0 radical (unpaired) electrons. The number of hydrogen-bond donors (Lipinski definition) is 0. The second-order valence-corrected chi connectivity index (χ2v) is 17.2. The van der Waals surface area contributed by atoms with Crippen molar-refractivity contribution in [1.29, 1.82) is 0 Å². The third-order valence-corrected chi connectivity index (χ3v) is 12.9. The summed E-state index contributed by atoms with van der Waals surface area (Å²) in [4.78, 5) is 85.0. The van der Waals surface area contributed by atoms with Gasteiger partial charge in [0.25, 0.3) is 23.6 Å². The lowest BCUT2D eigenvalue weighted by atomic mass is 10.0. The first-order valence-electron chi connectivity index (χ1n) is 22.5. The molecule has 0 unspecified atom stereocenters. The second-order valence-electron chi connectivity index (χ2n) is 17.2. The molecule has 5 heterocycles. The van der Waals surface area contributed by atoms with Crippen molar-refractivity contribution in [3.63, 3.8) is 0 Å². The average molecular weight is 901 g/mol. The number of benzene rings is 5. The van der Waals surface area contributed by atoms with Crippen LogP contribution in [0.1, 0.15) is 81.1 Å². The molecule has 4 amide bonds. The Labute approximate surface area is 387 Å². The summed E-state index contributed by atoms with van der Waals surface area (Å²) in [6.45, 7) is 2.75. The van der Waals surface area contributed by atoms with E-state index in [-0.39, 0.29) is 56.4 Å². The number of aliphatic imine (C=N–C) groups is 2. The summed E-state index contributed by atoms with van der Waals surface area (Å²) >= 11 is 0. The van der Waals surface area contributed by atoms with Crippen LogP contribution in [0.4, 0.5) is 28.4 Å². The quantitative estimate of drug-likeness (QED) is 0.101. The fraction of sp³-hybridized carbons (Fsp3) is 0.288. The van der Waals surface area contributed by atoms with E-state index >= 15 is 0 Å². The summed E-state index contributed by atoms with van der Waals surface area (Å²) in [7, 11) is 3.43. The summed E-state index contributed by atoms with van der Waals surface area (Å²) in [5, 5.41) is 0.563. The molecule has 0 saturated carbocycles. The van der Waals surface area contributed by atoms with Crippen LogP contribution in [-0.2, 0) is 51.7 Å². The minimum Gasteiger partial charge on any atom is -0.493 e. The molecule has 0 aromatic heterocycles. The molecular weight excluding hydrogens is 853 g/mol. The molecule has 15 nitrogen and oxygen atoms in total.